The zero-order chi connectivity index (χ0) is 12.8. The number of carbonyl (C=O) groups is 1. The SMILES string of the molecule is COC(CN)CC(=O)N1CC(OC)C(OC)C1. The lowest BCUT2D eigenvalue weighted by molar-refractivity contribution is -0.133. The molecule has 1 aliphatic rings. The van der Waals surface area contributed by atoms with E-state index in [0.29, 0.717) is 26.1 Å². The first kappa shape index (κ1) is 14.4. The number of likely N-dealkylation sites (tertiary alicyclic amines) is 1. The molecule has 0 spiro atoms. The molecule has 1 fully saturated rings. The molecule has 1 amide bonds. The van der Waals surface area contributed by atoms with Crippen LogP contribution in [0, 0.1) is 0 Å². The predicted molar refractivity (Wildman–Crippen MR) is 62.6 cm³/mol. The normalized spacial score (nSPS) is 26.2. The lowest BCUT2D eigenvalue weighted by Crippen LogP contribution is -2.35. The first-order valence-electron chi connectivity index (χ1n) is 5.72. The van der Waals surface area contributed by atoms with Crippen LogP contribution in [-0.2, 0) is 19.0 Å². The molecule has 0 aromatic rings. The van der Waals surface area contributed by atoms with Crippen LogP contribution in [0.25, 0.3) is 0 Å². The van der Waals surface area contributed by atoms with Crippen LogP contribution in [-0.4, -0.2) is 70.1 Å². The lowest BCUT2D eigenvalue weighted by Gasteiger charge is -2.19. The zero-order valence-electron chi connectivity index (χ0n) is 10.7. The van der Waals surface area contributed by atoms with Crippen molar-refractivity contribution in [3.8, 4) is 0 Å². The van der Waals surface area contributed by atoms with Gasteiger partial charge in [0, 0.05) is 41.0 Å². The molecule has 0 radical (unpaired) electrons. The maximum absolute atomic E-state index is 12.0. The minimum Gasteiger partial charge on any atom is -0.380 e. The summed E-state index contributed by atoms with van der Waals surface area (Å²) in [6.07, 6.45) is -0.0180. The second-order valence-electron chi connectivity index (χ2n) is 4.14. The van der Waals surface area contributed by atoms with Gasteiger partial charge in [0.1, 0.15) is 12.2 Å². The number of amides is 1. The molecular weight excluding hydrogens is 224 g/mol. The van der Waals surface area contributed by atoms with Crippen molar-refractivity contribution < 1.29 is 19.0 Å². The van der Waals surface area contributed by atoms with Crippen molar-refractivity contribution in [3.63, 3.8) is 0 Å². The quantitative estimate of drug-likeness (QED) is 0.665. The summed E-state index contributed by atoms with van der Waals surface area (Å²) in [5.74, 6) is 0.0314. The molecular formula is C11H22N2O4. The number of hydrogen-bond donors (Lipinski definition) is 1. The maximum atomic E-state index is 12.0. The molecule has 1 rings (SSSR count). The molecule has 0 aliphatic carbocycles. The lowest BCUT2D eigenvalue weighted by atomic mass is 10.2. The van der Waals surface area contributed by atoms with Gasteiger partial charge in [-0.2, -0.15) is 0 Å². The Morgan fingerprint density at radius 3 is 2.18 bits per heavy atom. The predicted octanol–water partition coefficient (Wildman–Crippen LogP) is -0.778. The molecule has 1 saturated heterocycles. The summed E-state index contributed by atoms with van der Waals surface area (Å²) in [6.45, 7) is 1.47. The Morgan fingerprint density at radius 2 is 1.82 bits per heavy atom. The van der Waals surface area contributed by atoms with Crippen molar-refractivity contribution >= 4 is 5.91 Å². The highest BCUT2D eigenvalue weighted by molar-refractivity contribution is 5.77. The third kappa shape index (κ3) is 3.64. The summed E-state index contributed by atoms with van der Waals surface area (Å²) >= 11 is 0. The minimum atomic E-state index is -0.218. The van der Waals surface area contributed by atoms with Gasteiger partial charge in [-0.05, 0) is 0 Å². The van der Waals surface area contributed by atoms with E-state index in [1.54, 1.807) is 26.2 Å². The Morgan fingerprint density at radius 1 is 1.29 bits per heavy atom. The van der Waals surface area contributed by atoms with Crippen molar-refractivity contribution in [2.45, 2.75) is 24.7 Å². The van der Waals surface area contributed by atoms with Gasteiger partial charge >= 0.3 is 0 Å². The van der Waals surface area contributed by atoms with Crippen LogP contribution in [0.15, 0.2) is 0 Å². The maximum Gasteiger partial charge on any atom is 0.225 e. The van der Waals surface area contributed by atoms with E-state index in [-0.39, 0.29) is 24.2 Å². The molecule has 1 aliphatic heterocycles. The first-order valence-corrected chi connectivity index (χ1v) is 5.72. The van der Waals surface area contributed by atoms with E-state index in [1.807, 2.05) is 0 Å². The number of methoxy groups -OCH3 is 3. The summed E-state index contributed by atoms with van der Waals surface area (Å²) in [4.78, 5) is 13.7. The van der Waals surface area contributed by atoms with Crippen LogP contribution in [0.1, 0.15) is 6.42 Å². The van der Waals surface area contributed by atoms with Crippen molar-refractivity contribution in [2.75, 3.05) is 41.0 Å². The van der Waals surface area contributed by atoms with Crippen LogP contribution >= 0.6 is 0 Å². The van der Waals surface area contributed by atoms with Gasteiger partial charge in [-0.3, -0.25) is 4.79 Å². The first-order chi connectivity index (χ1) is 8.15. The van der Waals surface area contributed by atoms with Gasteiger partial charge in [-0.1, -0.05) is 0 Å². The van der Waals surface area contributed by atoms with Gasteiger partial charge in [0.15, 0.2) is 0 Å². The fourth-order valence-corrected chi connectivity index (χ4v) is 1.99. The van der Waals surface area contributed by atoms with Crippen molar-refractivity contribution in [1.82, 2.24) is 4.90 Å². The molecule has 0 aromatic heterocycles. The number of nitrogens with two attached hydrogens (primary N) is 1. The molecule has 100 valence electrons. The van der Waals surface area contributed by atoms with Crippen LogP contribution in [0.2, 0.25) is 0 Å². The minimum absolute atomic E-state index is 0.0314. The monoisotopic (exact) mass is 246 g/mol. The molecule has 6 heteroatoms. The Kier molecular flexibility index (Phi) is 5.84. The molecule has 0 bridgehead atoms. The van der Waals surface area contributed by atoms with E-state index in [9.17, 15) is 4.79 Å². The molecule has 1 heterocycles. The van der Waals surface area contributed by atoms with E-state index in [2.05, 4.69) is 0 Å². The van der Waals surface area contributed by atoms with E-state index < -0.39 is 0 Å². The molecule has 2 N–H and O–H groups in total. The number of ether oxygens (including phenoxy) is 3. The standard InChI is InChI=1S/C11H22N2O4/c1-15-8(5-12)4-11(14)13-6-9(16-2)10(7-13)17-3/h8-10H,4-7,12H2,1-3H3. The smallest absolute Gasteiger partial charge is 0.225 e. The number of nitrogens with zero attached hydrogens (tertiary/aromatic N) is 1. The second kappa shape index (κ2) is 6.90. The van der Waals surface area contributed by atoms with Gasteiger partial charge in [0.25, 0.3) is 0 Å². The van der Waals surface area contributed by atoms with Crippen LogP contribution in [0.3, 0.4) is 0 Å². The Hall–Kier alpha value is -0.690. The van der Waals surface area contributed by atoms with Crippen LogP contribution in [0.5, 0.6) is 0 Å². The van der Waals surface area contributed by atoms with E-state index in [4.69, 9.17) is 19.9 Å². The molecule has 6 nitrogen and oxygen atoms in total. The third-order valence-corrected chi connectivity index (χ3v) is 3.17. The van der Waals surface area contributed by atoms with Gasteiger partial charge in [-0.15, -0.1) is 0 Å². The Labute approximate surface area is 102 Å². The number of rotatable bonds is 6. The molecule has 17 heavy (non-hydrogen) atoms. The van der Waals surface area contributed by atoms with Crippen molar-refractivity contribution in [2.24, 2.45) is 5.73 Å². The largest absolute Gasteiger partial charge is 0.380 e. The molecule has 3 atom stereocenters. The van der Waals surface area contributed by atoms with Crippen molar-refractivity contribution in [3.05, 3.63) is 0 Å². The van der Waals surface area contributed by atoms with Gasteiger partial charge in [-0.25, -0.2) is 0 Å². The fourth-order valence-electron chi connectivity index (χ4n) is 1.99. The molecule has 0 saturated carbocycles. The van der Waals surface area contributed by atoms with Gasteiger partial charge in [0.2, 0.25) is 5.91 Å². The topological polar surface area (TPSA) is 74.0 Å². The third-order valence-electron chi connectivity index (χ3n) is 3.17. The average Bonchev–Trinajstić information content (AvgIpc) is 2.78. The zero-order valence-corrected chi connectivity index (χ0v) is 10.7. The highest BCUT2D eigenvalue weighted by Crippen LogP contribution is 2.17. The summed E-state index contributed by atoms with van der Waals surface area (Å²) in [5, 5.41) is 0. The average molecular weight is 246 g/mol. The number of hydrogen-bond acceptors (Lipinski definition) is 5. The Bertz CT molecular complexity index is 234. The highest BCUT2D eigenvalue weighted by Gasteiger charge is 2.35. The highest BCUT2D eigenvalue weighted by atomic mass is 16.5. The van der Waals surface area contributed by atoms with Crippen LogP contribution in [0.4, 0.5) is 0 Å². The van der Waals surface area contributed by atoms with Crippen molar-refractivity contribution in [1.29, 1.82) is 0 Å². The van der Waals surface area contributed by atoms with E-state index >= 15 is 0 Å². The molecule has 0 aromatic carbocycles. The van der Waals surface area contributed by atoms with Gasteiger partial charge < -0.3 is 24.8 Å². The van der Waals surface area contributed by atoms with E-state index in [0.717, 1.165) is 0 Å². The molecule has 3 unspecified atom stereocenters. The number of carbonyl (C=O) groups excluding carboxylic acids is 1. The van der Waals surface area contributed by atoms with Gasteiger partial charge in [0.05, 0.1) is 12.5 Å². The second-order valence-corrected chi connectivity index (χ2v) is 4.14. The van der Waals surface area contributed by atoms with Crippen LogP contribution < -0.4 is 5.73 Å². The summed E-state index contributed by atoms with van der Waals surface area (Å²) in [5.41, 5.74) is 5.49. The fraction of sp³-hybridized carbons (Fsp3) is 0.909. The summed E-state index contributed by atoms with van der Waals surface area (Å²) in [7, 11) is 4.82. The van der Waals surface area contributed by atoms with E-state index in [1.165, 1.54) is 0 Å². The summed E-state index contributed by atoms with van der Waals surface area (Å²) in [6, 6.07) is 0. The summed E-state index contributed by atoms with van der Waals surface area (Å²) < 4.78 is 15.7. The Balaban J connectivity index is 2.48.